The lowest BCUT2D eigenvalue weighted by Gasteiger charge is -2.13. The van der Waals surface area contributed by atoms with E-state index in [1.54, 1.807) is 13.0 Å². The summed E-state index contributed by atoms with van der Waals surface area (Å²) < 4.78 is -0.0934. The molecule has 1 atom stereocenters. The SMILES string of the molecule is Cc1cc(Br)ccc1NC(=O)CNC(=O)C1(C)CC1(Cl)Cl. The number of nitrogens with one attached hydrogen (secondary N) is 2. The van der Waals surface area contributed by atoms with Gasteiger partial charge >= 0.3 is 0 Å². The fraction of sp³-hybridized carbons (Fsp3) is 0.429. The Balaban J connectivity index is 1.87. The Morgan fingerprint density at radius 3 is 2.52 bits per heavy atom. The number of alkyl halides is 2. The van der Waals surface area contributed by atoms with Crippen molar-refractivity contribution >= 4 is 56.6 Å². The van der Waals surface area contributed by atoms with E-state index < -0.39 is 9.75 Å². The van der Waals surface area contributed by atoms with E-state index in [9.17, 15) is 9.59 Å². The van der Waals surface area contributed by atoms with E-state index in [-0.39, 0.29) is 18.4 Å². The van der Waals surface area contributed by atoms with Gasteiger partial charge in [-0.3, -0.25) is 9.59 Å². The molecule has 1 aromatic carbocycles. The fourth-order valence-corrected chi connectivity index (χ4v) is 3.15. The quantitative estimate of drug-likeness (QED) is 0.770. The molecule has 1 aliphatic carbocycles. The third-order valence-corrected chi connectivity index (χ3v) is 5.23. The molecule has 7 heteroatoms. The van der Waals surface area contributed by atoms with E-state index in [0.717, 1.165) is 10.0 Å². The number of rotatable bonds is 4. The molecule has 0 spiro atoms. The van der Waals surface area contributed by atoms with E-state index in [1.165, 1.54) is 0 Å². The van der Waals surface area contributed by atoms with Crippen LogP contribution in [0.3, 0.4) is 0 Å². The average molecular weight is 394 g/mol. The van der Waals surface area contributed by atoms with Crippen molar-refractivity contribution in [3.63, 3.8) is 0 Å². The fourth-order valence-electron chi connectivity index (χ4n) is 1.96. The summed E-state index contributed by atoms with van der Waals surface area (Å²) in [6, 6.07) is 5.53. The molecule has 2 amide bonds. The maximum atomic E-state index is 11.9. The highest BCUT2D eigenvalue weighted by Crippen LogP contribution is 2.63. The Morgan fingerprint density at radius 1 is 1.38 bits per heavy atom. The number of aryl methyl sites for hydroxylation is 1. The molecule has 1 unspecified atom stereocenters. The van der Waals surface area contributed by atoms with Crippen molar-refractivity contribution in [2.24, 2.45) is 5.41 Å². The van der Waals surface area contributed by atoms with E-state index in [2.05, 4.69) is 26.6 Å². The summed E-state index contributed by atoms with van der Waals surface area (Å²) in [5.41, 5.74) is 0.821. The number of carbonyl (C=O) groups is 2. The van der Waals surface area contributed by atoms with Crippen molar-refractivity contribution in [3.05, 3.63) is 28.2 Å². The second kappa shape index (κ2) is 5.78. The molecule has 1 saturated carbocycles. The molecule has 21 heavy (non-hydrogen) atoms. The lowest BCUT2D eigenvalue weighted by Crippen LogP contribution is -2.38. The van der Waals surface area contributed by atoms with Crippen LogP contribution >= 0.6 is 39.1 Å². The van der Waals surface area contributed by atoms with Crippen LogP contribution in [0.2, 0.25) is 0 Å². The van der Waals surface area contributed by atoms with Crippen molar-refractivity contribution in [1.82, 2.24) is 5.32 Å². The van der Waals surface area contributed by atoms with Crippen molar-refractivity contribution in [1.29, 1.82) is 0 Å². The van der Waals surface area contributed by atoms with Gasteiger partial charge in [0, 0.05) is 10.2 Å². The highest BCUT2D eigenvalue weighted by molar-refractivity contribution is 9.10. The minimum Gasteiger partial charge on any atom is -0.346 e. The van der Waals surface area contributed by atoms with Crippen LogP contribution in [0.15, 0.2) is 22.7 Å². The predicted octanol–water partition coefficient (Wildman–Crippen LogP) is 3.40. The zero-order valence-corrected chi connectivity index (χ0v) is 14.7. The standard InChI is InChI=1S/C14H15BrCl2N2O2/c1-8-5-9(15)3-4-10(8)19-11(20)6-18-12(21)13(2)7-14(13,16)17/h3-5H,6-7H2,1-2H3,(H,18,21)(H,19,20). The van der Waals surface area contributed by atoms with E-state index >= 15 is 0 Å². The summed E-state index contributed by atoms with van der Waals surface area (Å²) in [7, 11) is 0. The zero-order chi connectivity index (χ0) is 15.8. The van der Waals surface area contributed by atoms with Gasteiger partial charge in [-0.05, 0) is 44.0 Å². The normalized spacial score (nSPS) is 22.5. The van der Waals surface area contributed by atoms with Crippen LogP contribution < -0.4 is 10.6 Å². The molecule has 0 aliphatic heterocycles. The molecule has 0 radical (unpaired) electrons. The summed E-state index contributed by atoms with van der Waals surface area (Å²) >= 11 is 15.2. The zero-order valence-electron chi connectivity index (χ0n) is 11.6. The Kier molecular flexibility index (Phi) is 4.57. The van der Waals surface area contributed by atoms with Gasteiger partial charge in [0.1, 0.15) is 4.33 Å². The third-order valence-electron chi connectivity index (χ3n) is 3.63. The second-order valence-corrected chi connectivity index (χ2v) is 7.80. The highest BCUT2D eigenvalue weighted by atomic mass is 79.9. The highest BCUT2D eigenvalue weighted by Gasteiger charge is 2.67. The molecule has 114 valence electrons. The Bertz CT molecular complexity index is 607. The number of halogens is 3. The molecule has 2 rings (SSSR count). The average Bonchev–Trinajstić information content (AvgIpc) is 2.90. The lowest BCUT2D eigenvalue weighted by molar-refractivity contribution is -0.127. The number of carbonyl (C=O) groups excluding carboxylic acids is 2. The van der Waals surface area contributed by atoms with Crippen LogP contribution in [0.5, 0.6) is 0 Å². The van der Waals surface area contributed by atoms with Gasteiger partial charge in [0.05, 0.1) is 12.0 Å². The van der Waals surface area contributed by atoms with Crippen molar-refractivity contribution < 1.29 is 9.59 Å². The smallest absolute Gasteiger partial charge is 0.243 e. The maximum Gasteiger partial charge on any atom is 0.243 e. The number of amides is 2. The van der Waals surface area contributed by atoms with Crippen LogP contribution in [-0.2, 0) is 9.59 Å². The second-order valence-electron chi connectivity index (χ2n) is 5.40. The first-order valence-electron chi connectivity index (χ1n) is 6.38. The molecule has 1 aliphatic rings. The molecule has 0 bridgehead atoms. The van der Waals surface area contributed by atoms with Crippen LogP contribution in [0.1, 0.15) is 18.9 Å². The molecule has 4 nitrogen and oxygen atoms in total. The summed E-state index contributed by atoms with van der Waals surface area (Å²) in [6.07, 6.45) is 0.391. The summed E-state index contributed by atoms with van der Waals surface area (Å²) in [5, 5.41) is 5.31. The van der Waals surface area contributed by atoms with E-state index in [1.807, 2.05) is 19.1 Å². The van der Waals surface area contributed by atoms with Crippen molar-refractivity contribution in [2.45, 2.75) is 24.6 Å². The van der Waals surface area contributed by atoms with Gasteiger partial charge in [0.2, 0.25) is 11.8 Å². The Hall–Kier alpha value is -0.780. The molecule has 0 heterocycles. The molecule has 1 aromatic rings. The molecule has 2 N–H and O–H groups in total. The minimum atomic E-state index is -1.03. The van der Waals surface area contributed by atoms with Gasteiger partial charge in [0.25, 0.3) is 0 Å². The number of hydrogen-bond acceptors (Lipinski definition) is 2. The topological polar surface area (TPSA) is 58.2 Å². The van der Waals surface area contributed by atoms with Gasteiger partial charge < -0.3 is 10.6 Å². The van der Waals surface area contributed by atoms with Crippen LogP contribution in [-0.4, -0.2) is 22.7 Å². The maximum absolute atomic E-state index is 11.9. The summed E-state index contributed by atoms with van der Waals surface area (Å²) in [6.45, 7) is 3.45. The monoisotopic (exact) mass is 392 g/mol. The molecule has 0 saturated heterocycles. The largest absolute Gasteiger partial charge is 0.346 e. The first-order valence-corrected chi connectivity index (χ1v) is 7.93. The first-order chi connectivity index (χ1) is 9.65. The van der Waals surface area contributed by atoms with Gasteiger partial charge in [-0.15, -0.1) is 23.2 Å². The van der Waals surface area contributed by atoms with Crippen LogP contribution in [0.25, 0.3) is 0 Å². The molecular weight excluding hydrogens is 379 g/mol. The predicted molar refractivity (Wildman–Crippen MR) is 87.7 cm³/mol. The van der Waals surface area contributed by atoms with Gasteiger partial charge in [-0.2, -0.15) is 0 Å². The van der Waals surface area contributed by atoms with Gasteiger partial charge in [-0.1, -0.05) is 15.9 Å². The molecule has 0 aromatic heterocycles. The summed E-state index contributed by atoms with van der Waals surface area (Å²) in [5.74, 6) is -0.608. The lowest BCUT2D eigenvalue weighted by atomic mass is 10.1. The van der Waals surface area contributed by atoms with E-state index in [0.29, 0.717) is 12.1 Å². The first kappa shape index (κ1) is 16.6. The number of anilines is 1. The Labute approximate surface area is 141 Å². The summed E-state index contributed by atoms with van der Waals surface area (Å²) in [4.78, 5) is 23.8. The minimum absolute atomic E-state index is 0.117. The Morgan fingerprint density at radius 2 is 2.00 bits per heavy atom. The van der Waals surface area contributed by atoms with Gasteiger partial charge in [0.15, 0.2) is 0 Å². The van der Waals surface area contributed by atoms with Crippen molar-refractivity contribution in [2.75, 3.05) is 11.9 Å². The molecule has 1 fully saturated rings. The van der Waals surface area contributed by atoms with Gasteiger partial charge in [-0.25, -0.2) is 0 Å². The van der Waals surface area contributed by atoms with Crippen LogP contribution in [0.4, 0.5) is 5.69 Å². The third kappa shape index (κ3) is 3.52. The van der Waals surface area contributed by atoms with Crippen LogP contribution in [0, 0.1) is 12.3 Å². The van der Waals surface area contributed by atoms with E-state index in [4.69, 9.17) is 23.2 Å². The number of hydrogen-bond donors (Lipinski definition) is 2. The molecular formula is C14H15BrCl2N2O2. The van der Waals surface area contributed by atoms with Crippen molar-refractivity contribution in [3.8, 4) is 0 Å². The number of benzene rings is 1.